The van der Waals surface area contributed by atoms with Gasteiger partial charge in [-0.1, -0.05) is 90.4 Å². The Kier molecular flexibility index (Phi) is 10.5. The highest BCUT2D eigenvalue weighted by atomic mass is 15.1. The van der Waals surface area contributed by atoms with Gasteiger partial charge in [0, 0.05) is 24.0 Å². The Balaban J connectivity index is 0.000000763. The minimum absolute atomic E-state index is 0.451. The summed E-state index contributed by atoms with van der Waals surface area (Å²) in [6.45, 7) is 16.3. The number of anilines is 1. The largest absolute Gasteiger partial charge is 0.383 e. The van der Waals surface area contributed by atoms with Crippen LogP contribution in [0.4, 0.5) is 5.82 Å². The van der Waals surface area contributed by atoms with Gasteiger partial charge in [-0.2, -0.15) is 0 Å². The van der Waals surface area contributed by atoms with Crippen molar-refractivity contribution in [3.63, 3.8) is 0 Å². The maximum absolute atomic E-state index is 6.30. The molecule has 6 nitrogen and oxygen atoms in total. The number of likely N-dealkylation sites (tertiary alicyclic amines) is 1. The Morgan fingerprint density at radius 1 is 0.810 bits per heavy atom. The summed E-state index contributed by atoms with van der Waals surface area (Å²) in [6, 6.07) is 26.9. The molecule has 0 aliphatic carbocycles. The SMILES string of the molecule is CC.CC1(C)CCN(Cc2ccc(-n3c(-c4cccnc4N)nc4ccc(-c5ccccc5)nc43)cc2)CC1.CCC. The molecule has 0 atom stereocenters. The van der Waals surface area contributed by atoms with Gasteiger partial charge in [-0.25, -0.2) is 15.0 Å². The van der Waals surface area contributed by atoms with Crippen LogP contribution >= 0.6 is 0 Å². The van der Waals surface area contributed by atoms with Crippen LogP contribution < -0.4 is 5.73 Å². The number of nitrogen functional groups attached to an aromatic ring is 1. The third-order valence-corrected chi connectivity index (χ3v) is 7.46. The van der Waals surface area contributed by atoms with Gasteiger partial charge >= 0.3 is 0 Å². The lowest BCUT2D eigenvalue weighted by atomic mass is 9.82. The van der Waals surface area contributed by atoms with Crippen LogP contribution in [0.3, 0.4) is 0 Å². The molecule has 1 saturated heterocycles. The maximum Gasteiger partial charge on any atom is 0.165 e. The van der Waals surface area contributed by atoms with E-state index < -0.39 is 0 Å². The maximum atomic E-state index is 6.30. The average molecular weight is 563 g/mol. The summed E-state index contributed by atoms with van der Waals surface area (Å²) in [6.07, 6.45) is 5.45. The number of benzene rings is 2. The Hall–Kier alpha value is -4.03. The molecule has 42 heavy (non-hydrogen) atoms. The zero-order chi connectivity index (χ0) is 30.1. The van der Waals surface area contributed by atoms with Crippen molar-refractivity contribution < 1.29 is 0 Å². The average Bonchev–Trinajstić information content (AvgIpc) is 3.39. The molecule has 3 aromatic heterocycles. The van der Waals surface area contributed by atoms with Gasteiger partial charge in [0.1, 0.15) is 11.3 Å². The summed E-state index contributed by atoms with van der Waals surface area (Å²) >= 11 is 0. The van der Waals surface area contributed by atoms with Gasteiger partial charge in [-0.3, -0.25) is 9.47 Å². The minimum Gasteiger partial charge on any atom is -0.383 e. The Morgan fingerprint density at radius 2 is 1.48 bits per heavy atom. The summed E-state index contributed by atoms with van der Waals surface area (Å²) in [7, 11) is 0. The van der Waals surface area contributed by atoms with E-state index in [-0.39, 0.29) is 0 Å². The molecule has 2 aromatic carbocycles. The van der Waals surface area contributed by atoms with Gasteiger partial charge in [0.2, 0.25) is 0 Å². The molecule has 0 bridgehead atoms. The van der Waals surface area contributed by atoms with Crippen LogP contribution in [0.15, 0.2) is 85.1 Å². The van der Waals surface area contributed by atoms with E-state index >= 15 is 0 Å². The van der Waals surface area contributed by atoms with E-state index in [0.29, 0.717) is 11.2 Å². The molecule has 1 aliphatic heterocycles. The first-order valence-electron chi connectivity index (χ1n) is 15.4. The monoisotopic (exact) mass is 562 g/mol. The zero-order valence-electron chi connectivity index (χ0n) is 26.1. The summed E-state index contributed by atoms with van der Waals surface area (Å²) in [5.74, 6) is 1.19. The molecule has 6 rings (SSSR count). The number of piperidine rings is 1. The van der Waals surface area contributed by atoms with Crippen molar-refractivity contribution in [2.45, 2.75) is 67.3 Å². The van der Waals surface area contributed by atoms with Gasteiger partial charge in [-0.15, -0.1) is 0 Å². The van der Waals surface area contributed by atoms with Crippen LogP contribution in [0.5, 0.6) is 0 Å². The highest BCUT2D eigenvalue weighted by Crippen LogP contribution is 2.33. The first-order valence-corrected chi connectivity index (χ1v) is 15.4. The molecule has 1 aliphatic rings. The molecule has 5 aromatic rings. The molecule has 0 saturated carbocycles. The molecule has 220 valence electrons. The minimum atomic E-state index is 0.451. The van der Waals surface area contributed by atoms with E-state index in [1.54, 1.807) is 6.20 Å². The third-order valence-electron chi connectivity index (χ3n) is 7.46. The fourth-order valence-electron chi connectivity index (χ4n) is 5.08. The molecule has 0 amide bonds. The van der Waals surface area contributed by atoms with Gasteiger partial charge in [0.25, 0.3) is 0 Å². The fourth-order valence-corrected chi connectivity index (χ4v) is 5.08. The number of fused-ring (bicyclic) bond motifs is 1. The van der Waals surface area contributed by atoms with Crippen LogP contribution in [-0.4, -0.2) is 37.5 Å². The van der Waals surface area contributed by atoms with Crippen molar-refractivity contribution in [2.24, 2.45) is 5.41 Å². The van der Waals surface area contributed by atoms with E-state index in [9.17, 15) is 0 Å². The van der Waals surface area contributed by atoms with Crippen molar-refractivity contribution in [3.8, 4) is 28.3 Å². The van der Waals surface area contributed by atoms with Crippen LogP contribution in [0.1, 0.15) is 66.4 Å². The number of nitrogens with two attached hydrogens (primary N) is 1. The summed E-state index contributed by atoms with van der Waals surface area (Å²) in [5.41, 5.74) is 13.5. The van der Waals surface area contributed by atoms with Gasteiger partial charge in [-0.05, 0) is 73.3 Å². The number of aromatic nitrogens is 4. The normalized spacial score (nSPS) is 14.4. The number of rotatable bonds is 5. The first-order chi connectivity index (χ1) is 20.4. The highest BCUT2D eigenvalue weighted by Gasteiger charge is 2.25. The Bertz CT molecular complexity index is 1540. The van der Waals surface area contributed by atoms with E-state index in [1.807, 2.05) is 56.3 Å². The van der Waals surface area contributed by atoms with E-state index in [0.717, 1.165) is 59.1 Å². The van der Waals surface area contributed by atoms with E-state index in [4.69, 9.17) is 15.7 Å². The molecule has 4 heterocycles. The molecule has 0 unspecified atom stereocenters. The summed E-state index contributed by atoms with van der Waals surface area (Å²) in [4.78, 5) is 16.9. The number of hydrogen-bond donors (Lipinski definition) is 1. The predicted octanol–water partition coefficient (Wildman–Crippen LogP) is 8.80. The van der Waals surface area contributed by atoms with Crippen molar-refractivity contribution in [3.05, 3.63) is 90.6 Å². The topological polar surface area (TPSA) is 72.9 Å². The van der Waals surface area contributed by atoms with Gasteiger partial charge in [0.05, 0.1) is 11.3 Å². The van der Waals surface area contributed by atoms with Gasteiger partial charge < -0.3 is 5.73 Å². The molecular formula is C36H46N6. The Morgan fingerprint density at radius 3 is 2.12 bits per heavy atom. The van der Waals surface area contributed by atoms with Crippen molar-refractivity contribution in [2.75, 3.05) is 18.8 Å². The lowest BCUT2D eigenvalue weighted by Crippen LogP contribution is -2.36. The predicted molar refractivity (Wildman–Crippen MR) is 178 cm³/mol. The van der Waals surface area contributed by atoms with Crippen molar-refractivity contribution in [1.82, 2.24) is 24.4 Å². The number of nitrogens with zero attached hydrogens (tertiary/aromatic N) is 5. The highest BCUT2D eigenvalue weighted by molar-refractivity contribution is 5.84. The van der Waals surface area contributed by atoms with Crippen molar-refractivity contribution >= 4 is 17.0 Å². The van der Waals surface area contributed by atoms with Crippen LogP contribution in [0.25, 0.3) is 39.5 Å². The van der Waals surface area contributed by atoms with E-state index in [2.05, 4.69) is 78.5 Å². The standard InChI is InChI=1S/C31H32N6.C3H8.C2H6/c1-31(2)16-19-36(20-17-31)21-22-10-12-24(13-11-22)37-29(25-9-6-18-33-28(25)32)35-27-15-14-26(34-30(27)37)23-7-4-3-5-8-23;1-3-2;1-2/h3-15,18H,16-17,19-21H2,1-2H3,(H2,32,33);3H2,1-2H3;1-2H3. The molecule has 2 N–H and O–H groups in total. The number of pyridine rings is 2. The summed E-state index contributed by atoms with van der Waals surface area (Å²) < 4.78 is 2.10. The number of imidazole rings is 1. The molecular weight excluding hydrogens is 516 g/mol. The zero-order valence-corrected chi connectivity index (χ0v) is 26.1. The lowest BCUT2D eigenvalue weighted by Gasteiger charge is -2.36. The molecule has 6 heteroatoms. The molecule has 0 spiro atoms. The smallest absolute Gasteiger partial charge is 0.165 e. The van der Waals surface area contributed by atoms with Crippen LogP contribution in [-0.2, 0) is 6.54 Å². The molecule has 0 radical (unpaired) electrons. The summed E-state index contributed by atoms with van der Waals surface area (Å²) in [5, 5.41) is 0. The number of hydrogen-bond acceptors (Lipinski definition) is 5. The van der Waals surface area contributed by atoms with E-state index in [1.165, 1.54) is 24.8 Å². The second-order valence-electron chi connectivity index (χ2n) is 11.4. The second kappa shape index (κ2) is 14.2. The quantitative estimate of drug-likeness (QED) is 0.232. The van der Waals surface area contributed by atoms with Crippen LogP contribution in [0.2, 0.25) is 0 Å². The molecule has 1 fully saturated rings. The Labute approximate surface area is 251 Å². The van der Waals surface area contributed by atoms with Gasteiger partial charge in [0.15, 0.2) is 11.5 Å². The second-order valence-corrected chi connectivity index (χ2v) is 11.4. The third kappa shape index (κ3) is 7.24. The lowest BCUT2D eigenvalue weighted by molar-refractivity contribution is 0.127. The fraction of sp³-hybridized carbons (Fsp3) is 0.361. The van der Waals surface area contributed by atoms with Crippen LogP contribution in [0, 0.1) is 5.41 Å². The first kappa shape index (κ1) is 30.9. The van der Waals surface area contributed by atoms with Crippen molar-refractivity contribution in [1.29, 1.82) is 0 Å².